The third-order valence-electron chi connectivity index (χ3n) is 2.96. The topological polar surface area (TPSA) is 75.6 Å². The van der Waals surface area contributed by atoms with Crippen LogP contribution in [-0.4, -0.2) is 58.5 Å². The number of carbonyl (C=O) groups is 2. The van der Waals surface area contributed by atoms with E-state index in [1.165, 1.54) is 11.8 Å². The molecule has 0 heterocycles. The molecule has 1 amide bonds. The van der Waals surface area contributed by atoms with Crippen LogP contribution in [-0.2, 0) is 16.1 Å². The zero-order chi connectivity index (χ0) is 16.5. The average molecular weight is 355 g/mol. The van der Waals surface area contributed by atoms with Crippen molar-refractivity contribution in [1.29, 1.82) is 0 Å². The van der Waals surface area contributed by atoms with Gasteiger partial charge in [-0.25, -0.2) is 9.59 Å². The van der Waals surface area contributed by atoms with Crippen LogP contribution in [0.15, 0.2) is 65.6 Å². The molecule has 7 heteroatoms. The van der Waals surface area contributed by atoms with Crippen molar-refractivity contribution < 1.29 is 19.4 Å². The number of aliphatic carboxylic acids is 1. The van der Waals surface area contributed by atoms with Crippen LogP contribution in [0.5, 0.6) is 0 Å². The van der Waals surface area contributed by atoms with Crippen LogP contribution in [0.4, 0.5) is 4.79 Å². The van der Waals surface area contributed by atoms with Crippen LogP contribution < -0.4 is 5.32 Å². The fraction of sp³-hybridized carbons (Fsp3) is 0.176. The predicted octanol–water partition coefficient (Wildman–Crippen LogP) is 2.51. The van der Waals surface area contributed by atoms with Gasteiger partial charge in [0.15, 0.2) is 0 Å². The Morgan fingerprint density at radius 3 is 2.21 bits per heavy atom. The van der Waals surface area contributed by atoms with Crippen molar-refractivity contribution in [1.82, 2.24) is 5.32 Å². The summed E-state index contributed by atoms with van der Waals surface area (Å²) in [7, 11) is 0. The van der Waals surface area contributed by atoms with Gasteiger partial charge in [0.05, 0.1) is 0 Å². The molecule has 2 rings (SSSR count). The molecule has 0 aliphatic rings. The van der Waals surface area contributed by atoms with E-state index in [0.717, 1.165) is 10.5 Å². The molecule has 0 radical (unpaired) electrons. The molecule has 0 saturated carbocycles. The van der Waals surface area contributed by atoms with Crippen LogP contribution in [0, 0.1) is 0 Å². The van der Waals surface area contributed by atoms with E-state index in [0.29, 0.717) is 0 Å². The van der Waals surface area contributed by atoms with E-state index < -0.39 is 18.1 Å². The van der Waals surface area contributed by atoms with Crippen molar-refractivity contribution in [2.24, 2.45) is 0 Å². The molecule has 0 aromatic heterocycles. The molecule has 24 heavy (non-hydrogen) atoms. The number of nitrogens with one attached hydrogen (secondary N) is 1. The maximum absolute atomic E-state index is 11.7. The Hall–Kier alpha value is -1.47. The molecule has 0 fully saturated rings. The van der Waals surface area contributed by atoms with E-state index in [1.807, 2.05) is 60.7 Å². The molecular formula is C17H18NNaO4S. The van der Waals surface area contributed by atoms with Gasteiger partial charge in [-0.1, -0.05) is 48.5 Å². The van der Waals surface area contributed by atoms with Gasteiger partial charge in [-0.3, -0.25) is 0 Å². The molecule has 2 aromatic carbocycles. The van der Waals surface area contributed by atoms with Gasteiger partial charge in [-0.15, -0.1) is 11.8 Å². The first-order valence-electron chi connectivity index (χ1n) is 7.03. The van der Waals surface area contributed by atoms with Crippen molar-refractivity contribution in [3.63, 3.8) is 0 Å². The Morgan fingerprint density at radius 2 is 1.62 bits per heavy atom. The number of hydrogen-bond donors (Lipinski definition) is 2. The summed E-state index contributed by atoms with van der Waals surface area (Å²) < 4.78 is 5.04. The van der Waals surface area contributed by atoms with E-state index in [9.17, 15) is 14.7 Å². The summed E-state index contributed by atoms with van der Waals surface area (Å²) >= 11 is 1.36. The number of carboxylic acids is 1. The van der Waals surface area contributed by atoms with Crippen molar-refractivity contribution in [2.75, 3.05) is 5.75 Å². The van der Waals surface area contributed by atoms with Crippen LogP contribution in [0.2, 0.25) is 0 Å². The second-order valence-electron chi connectivity index (χ2n) is 4.72. The van der Waals surface area contributed by atoms with Crippen LogP contribution in [0.1, 0.15) is 5.56 Å². The maximum atomic E-state index is 11.7. The molecule has 0 saturated heterocycles. The van der Waals surface area contributed by atoms with E-state index in [1.54, 1.807) is 0 Å². The van der Waals surface area contributed by atoms with Gasteiger partial charge in [-0.05, 0) is 17.7 Å². The van der Waals surface area contributed by atoms with E-state index in [-0.39, 0.29) is 41.9 Å². The molecule has 0 bridgehead atoms. The minimum atomic E-state index is -1.09. The van der Waals surface area contributed by atoms with Gasteiger partial charge in [0, 0.05) is 10.6 Å². The molecule has 0 spiro atoms. The Morgan fingerprint density at radius 1 is 1.04 bits per heavy atom. The zero-order valence-corrected chi connectivity index (χ0v) is 13.2. The Bertz CT molecular complexity index is 640. The van der Waals surface area contributed by atoms with E-state index >= 15 is 0 Å². The Balaban J connectivity index is 0.00000288. The van der Waals surface area contributed by atoms with Gasteiger partial charge in [0.1, 0.15) is 12.6 Å². The molecule has 1 atom stereocenters. The van der Waals surface area contributed by atoms with Gasteiger partial charge >= 0.3 is 41.6 Å². The van der Waals surface area contributed by atoms with Crippen molar-refractivity contribution >= 4 is 53.4 Å². The number of benzene rings is 2. The first-order valence-corrected chi connectivity index (χ1v) is 8.01. The molecule has 5 nitrogen and oxygen atoms in total. The molecular weight excluding hydrogens is 337 g/mol. The SMILES string of the molecule is O=C(N[C@@H](CSc1ccccc1)C(=O)O)OCc1ccccc1.[NaH]. The molecule has 2 aromatic rings. The number of hydrogen-bond acceptors (Lipinski definition) is 4. The van der Waals surface area contributed by atoms with E-state index in [4.69, 9.17) is 4.74 Å². The third-order valence-corrected chi connectivity index (χ3v) is 4.07. The van der Waals surface area contributed by atoms with Crippen LogP contribution in [0.3, 0.4) is 0 Å². The average Bonchev–Trinajstić information content (AvgIpc) is 2.58. The quantitative estimate of drug-likeness (QED) is 0.590. The number of amides is 1. The summed E-state index contributed by atoms with van der Waals surface area (Å²) in [4.78, 5) is 23.9. The number of carbonyl (C=O) groups excluding carboxylic acids is 1. The second kappa shape index (κ2) is 11.1. The van der Waals surface area contributed by atoms with Crippen molar-refractivity contribution in [2.45, 2.75) is 17.5 Å². The number of rotatable bonds is 7. The molecule has 2 N–H and O–H groups in total. The fourth-order valence-corrected chi connectivity index (χ4v) is 2.71. The zero-order valence-electron chi connectivity index (χ0n) is 12.3. The molecule has 0 aliphatic carbocycles. The standard InChI is InChI=1S/C17H17NO4S.Na.H/c19-16(20)15(12-23-14-9-5-2-6-10-14)18-17(21)22-11-13-7-3-1-4-8-13;;/h1-10,15H,11-12H2,(H,18,21)(H,19,20);;/t15-;;/m0../s1. The molecule has 0 aliphatic heterocycles. The monoisotopic (exact) mass is 355 g/mol. The first-order chi connectivity index (χ1) is 11.1. The minimum absolute atomic E-state index is 0. The van der Waals surface area contributed by atoms with E-state index in [2.05, 4.69) is 5.32 Å². The predicted molar refractivity (Wildman–Crippen MR) is 95.5 cm³/mol. The van der Waals surface area contributed by atoms with Crippen LogP contribution >= 0.6 is 11.8 Å². The molecule has 0 unspecified atom stereocenters. The van der Waals surface area contributed by atoms with Gasteiger partial charge in [0.25, 0.3) is 0 Å². The normalized spacial score (nSPS) is 11.0. The van der Waals surface area contributed by atoms with Gasteiger partial charge in [-0.2, -0.15) is 0 Å². The summed E-state index contributed by atoms with van der Waals surface area (Å²) in [5.74, 6) is -0.870. The number of ether oxygens (including phenoxy) is 1. The van der Waals surface area contributed by atoms with Gasteiger partial charge < -0.3 is 15.2 Å². The van der Waals surface area contributed by atoms with Crippen LogP contribution in [0.25, 0.3) is 0 Å². The number of alkyl carbamates (subject to hydrolysis) is 1. The number of thioether (sulfide) groups is 1. The van der Waals surface area contributed by atoms with Crippen molar-refractivity contribution in [3.05, 3.63) is 66.2 Å². The van der Waals surface area contributed by atoms with Crippen molar-refractivity contribution in [3.8, 4) is 0 Å². The molecule has 122 valence electrons. The fourth-order valence-electron chi connectivity index (χ4n) is 1.78. The Labute approximate surface area is 167 Å². The summed E-state index contributed by atoms with van der Waals surface area (Å²) in [6.07, 6.45) is -0.741. The first kappa shape index (κ1) is 20.6. The number of carboxylic acid groups (broad SMARTS) is 1. The third kappa shape index (κ3) is 7.40. The summed E-state index contributed by atoms with van der Waals surface area (Å²) in [5, 5.41) is 11.6. The second-order valence-corrected chi connectivity index (χ2v) is 5.81. The Kier molecular flexibility index (Phi) is 9.56. The van der Waals surface area contributed by atoms with Gasteiger partial charge in [0.2, 0.25) is 0 Å². The summed E-state index contributed by atoms with van der Waals surface area (Å²) in [6, 6.07) is 17.6. The summed E-state index contributed by atoms with van der Waals surface area (Å²) in [5.41, 5.74) is 0.841. The summed E-state index contributed by atoms with van der Waals surface area (Å²) in [6.45, 7) is 0.102.